The highest BCUT2D eigenvalue weighted by molar-refractivity contribution is 7.88. The maximum Gasteiger partial charge on any atom is 0.237 e. The van der Waals surface area contributed by atoms with Gasteiger partial charge >= 0.3 is 0 Å². The molecule has 3 rings (SSSR count). The van der Waals surface area contributed by atoms with Gasteiger partial charge in [0.2, 0.25) is 15.9 Å². The minimum atomic E-state index is -3.34. The van der Waals surface area contributed by atoms with Gasteiger partial charge in [0.25, 0.3) is 0 Å². The molecule has 1 aliphatic heterocycles. The number of hydrogen-bond acceptors (Lipinski definition) is 5. The second-order valence-corrected chi connectivity index (χ2v) is 9.97. The standard InChI is InChI=1S/C20H27N3O3S2/c1-17(20(24)21-10-9-19-8-5-15-27-19)22-11-13-23(14-12-22)28(25,26)16-18-6-3-2-4-7-18/h2-8,15,17H,9-14,16H2,1H3,(H,21,24). The maximum atomic E-state index is 12.6. The average Bonchev–Trinajstić information content (AvgIpc) is 3.21. The van der Waals surface area contributed by atoms with Crippen molar-refractivity contribution in [3.63, 3.8) is 0 Å². The Bertz CT molecular complexity index is 846. The number of hydrogen-bond donors (Lipinski definition) is 1. The number of carbonyl (C=O) groups is 1. The van der Waals surface area contributed by atoms with E-state index in [1.807, 2.05) is 48.7 Å². The van der Waals surface area contributed by atoms with Gasteiger partial charge < -0.3 is 5.32 Å². The van der Waals surface area contributed by atoms with E-state index in [0.29, 0.717) is 32.7 Å². The number of nitrogens with zero attached hydrogens (tertiary/aromatic N) is 2. The van der Waals surface area contributed by atoms with Crippen LogP contribution in [0.4, 0.5) is 0 Å². The number of thiophene rings is 1. The Kier molecular flexibility index (Phi) is 7.23. The Hall–Kier alpha value is -1.74. The molecule has 1 fully saturated rings. The van der Waals surface area contributed by atoms with Crippen molar-refractivity contribution in [2.24, 2.45) is 0 Å². The minimum absolute atomic E-state index is 0.00264. The lowest BCUT2D eigenvalue weighted by molar-refractivity contribution is -0.126. The highest BCUT2D eigenvalue weighted by Gasteiger charge is 2.30. The van der Waals surface area contributed by atoms with E-state index in [1.54, 1.807) is 11.3 Å². The first kappa shape index (κ1) is 21.0. The minimum Gasteiger partial charge on any atom is -0.354 e. The van der Waals surface area contributed by atoms with Gasteiger partial charge in [0, 0.05) is 37.6 Å². The molecule has 0 saturated carbocycles. The Morgan fingerprint density at radius 1 is 1.11 bits per heavy atom. The van der Waals surface area contributed by atoms with E-state index in [0.717, 1.165) is 12.0 Å². The number of carbonyl (C=O) groups excluding carboxylic acids is 1. The van der Waals surface area contributed by atoms with Crippen LogP contribution in [0.2, 0.25) is 0 Å². The van der Waals surface area contributed by atoms with Crippen molar-refractivity contribution in [1.82, 2.24) is 14.5 Å². The molecule has 0 radical (unpaired) electrons. The lowest BCUT2D eigenvalue weighted by atomic mass is 10.2. The summed E-state index contributed by atoms with van der Waals surface area (Å²) in [5, 5.41) is 5.02. The summed E-state index contributed by atoms with van der Waals surface area (Å²) >= 11 is 1.69. The van der Waals surface area contributed by atoms with Crippen LogP contribution in [0.25, 0.3) is 0 Å². The van der Waals surface area contributed by atoms with Crippen molar-refractivity contribution < 1.29 is 13.2 Å². The molecule has 1 aliphatic rings. The second kappa shape index (κ2) is 9.65. The van der Waals surface area contributed by atoms with Crippen LogP contribution in [0.15, 0.2) is 47.8 Å². The van der Waals surface area contributed by atoms with E-state index in [-0.39, 0.29) is 17.7 Å². The van der Waals surface area contributed by atoms with Gasteiger partial charge in [-0.15, -0.1) is 11.3 Å². The number of nitrogens with one attached hydrogen (secondary N) is 1. The van der Waals surface area contributed by atoms with E-state index in [4.69, 9.17) is 0 Å². The molecule has 0 spiro atoms. The molecule has 152 valence electrons. The summed E-state index contributed by atoms with van der Waals surface area (Å²) in [6, 6.07) is 13.0. The van der Waals surface area contributed by atoms with Crippen LogP contribution in [-0.4, -0.2) is 62.3 Å². The SMILES string of the molecule is CC(C(=O)NCCc1cccs1)N1CCN(S(=O)(=O)Cc2ccccc2)CC1. The molecule has 1 atom stereocenters. The second-order valence-electron chi connectivity index (χ2n) is 6.97. The van der Waals surface area contributed by atoms with Crippen LogP contribution in [-0.2, 0) is 27.0 Å². The highest BCUT2D eigenvalue weighted by atomic mass is 32.2. The third kappa shape index (κ3) is 5.64. The van der Waals surface area contributed by atoms with Gasteiger partial charge in [-0.25, -0.2) is 8.42 Å². The fourth-order valence-corrected chi connectivity index (χ4v) is 5.55. The Balaban J connectivity index is 1.45. The first-order valence-corrected chi connectivity index (χ1v) is 12.0. The zero-order valence-electron chi connectivity index (χ0n) is 16.1. The molecule has 1 N–H and O–H groups in total. The summed E-state index contributed by atoms with van der Waals surface area (Å²) in [7, 11) is -3.34. The zero-order chi connectivity index (χ0) is 20.0. The smallest absolute Gasteiger partial charge is 0.237 e. The van der Waals surface area contributed by atoms with Crippen molar-refractivity contribution >= 4 is 27.3 Å². The van der Waals surface area contributed by atoms with Crippen LogP contribution in [0, 0.1) is 0 Å². The molecule has 8 heteroatoms. The van der Waals surface area contributed by atoms with Gasteiger partial charge in [0.15, 0.2) is 0 Å². The first-order chi connectivity index (χ1) is 13.5. The summed E-state index contributed by atoms with van der Waals surface area (Å²) < 4.78 is 26.8. The number of sulfonamides is 1. The normalized spacial score (nSPS) is 17.3. The molecule has 1 unspecified atom stereocenters. The zero-order valence-corrected chi connectivity index (χ0v) is 17.7. The topological polar surface area (TPSA) is 69.7 Å². The predicted molar refractivity (Wildman–Crippen MR) is 113 cm³/mol. The molecule has 1 aromatic heterocycles. The number of piperazine rings is 1. The van der Waals surface area contributed by atoms with Crippen molar-refractivity contribution in [1.29, 1.82) is 0 Å². The van der Waals surface area contributed by atoms with E-state index < -0.39 is 10.0 Å². The summed E-state index contributed by atoms with van der Waals surface area (Å²) in [5.74, 6) is 0.0178. The lowest BCUT2D eigenvalue weighted by Crippen LogP contribution is -2.55. The Morgan fingerprint density at radius 2 is 1.82 bits per heavy atom. The fraction of sp³-hybridized carbons (Fsp3) is 0.450. The Labute approximate surface area is 171 Å². The van der Waals surface area contributed by atoms with E-state index in [1.165, 1.54) is 9.18 Å². The molecule has 1 aromatic carbocycles. The van der Waals surface area contributed by atoms with E-state index in [2.05, 4.69) is 16.3 Å². The van der Waals surface area contributed by atoms with Crippen LogP contribution < -0.4 is 5.32 Å². The van der Waals surface area contributed by atoms with Crippen molar-refractivity contribution in [3.8, 4) is 0 Å². The lowest BCUT2D eigenvalue weighted by Gasteiger charge is -2.36. The third-order valence-corrected chi connectivity index (χ3v) is 7.82. The molecule has 2 heterocycles. The van der Waals surface area contributed by atoms with Crippen molar-refractivity contribution in [3.05, 3.63) is 58.3 Å². The number of amides is 1. The van der Waals surface area contributed by atoms with Crippen molar-refractivity contribution in [2.75, 3.05) is 32.7 Å². The highest BCUT2D eigenvalue weighted by Crippen LogP contribution is 2.15. The molecule has 1 saturated heterocycles. The molecule has 0 aliphatic carbocycles. The molecule has 6 nitrogen and oxygen atoms in total. The molecule has 2 aromatic rings. The van der Waals surface area contributed by atoms with Crippen LogP contribution in [0.1, 0.15) is 17.4 Å². The molecule has 28 heavy (non-hydrogen) atoms. The Morgan fingerprint density at radius 3 is 2.46 bits per heavy atom. The maximum absolute atomic E-state index is 12.6. The molecular formula is C20H27N3O3S2. The monoisotopic (exact) mass is 421 g/mol. The first-order valence-electron chi connectivity index (χ1n) is 9.51. The molecule has 1 amide bonds. The third-order valence-electron chi connectivity index (χ3n) is 5.04. The quantitative estimate of drug-likeness (QED) is 0.707. The number of rotatable bonds is 8. The number of benzene rings is 1. The van der Waals surface area contributed by atoms with Gasteiger partial charge in [-0.1, -0.05) is 36.4 Å². The van der Waals surface area contributed by atoms with Crippen LogP contribution in [0.5, 0.6) is 0 Å². The average molecular weight is 422 g/mol. The largest absolute Gasteiger partial charge is 0.354 e. The molecular weight excluding hydrogens is 394 g/mol. The van der Waals surface area contributed by atoms with Gasteiger partial charge in [-0.3, -0.25) is 9.69 Å². The van der Waals surface area contributed by atoms with Crippen LogP contribution >= 0.6 is 11.3 Å². The van der Waals surface area contributed by atoms with Gasteiger partial charge in [-0.2, -0.15) is 4.31 Å². The fourth-order valence-electron chi connectivity index (χ4n) is 3.32. The predicted octanol–water partition coefficient (Wildman–Crippen LogP) is 1.94. The summed E-state index contributed by atoms with van der Waals surface area (Å²) in [6.07, 6.45) is 0.835. The van der Waals surface area contributed by atoms with Gasteiger partial charge in [-0.05, 0) is 30.4 Å². The summed E-state index contributed by atoms with van der Waals surface area (Å²) in [4.78, 5) is 15.7. The van der Waals surface area contributed by atoms with Crippen LogP contribution in [0.3, 0.4) is 0 Å². The molecule has 0 bridgehead atoms. The van der Waals surface area contributed by atoms with E-state index >= 15 is 0 Å². The summed E-state index contributed by atoms with van der Waals surface area (Å²) in [6.45, 7) is 4.47. The van der Waals surface area contributed by atoms with Gasteiger partial charge in [0.1, 0.15) is 0 Å². The van der Waals surface area contributed by atoms with E-state index in [9.17, 15) is 13.2 Å². The van der Waals surface area contributed by atoms with Crippen molar-refractivity contribution in [2.45, 2.75) is 25.1 Å². The van der Waals surface area contributed by atoms with Gasteiger partial charge in [0.05, 0.1) is 11.8 Å². The summed E-state index contributed by atoms with van der Waals surface area (Å²) in [5.41, 5.74) is 0.795.